The molecule has 0 bridgehead atoms. The predicted octanol–water partition coefficient (Wildman–Crippen LogP) is 2.08. The summed E-state index contributed by atoms with van der Waals surface area (Å²) in [6, 6.07) is 7.29. The van der Waals surface area contributed by atoms with Crippen molar-refractivity contribution in [2.45, 2.75) is 6.04 Å². The van der Waals surface area contributed by atoms with E-state index in [9.17, 15) is 14.7 Å². The molecule has 2 aliphatic rings. The van der Waals surface area contributed by atoms with Crippen LogP contribution in [-0.2, 0) is 14.3 Å². The van der Waals surface area contributed by atoms with Gasteiger partial charge in [-0.2, -0.15) is 0 Å². The largest absolute Gasteiger partial charge is 0.507 e. The van der Waals surface area contributed by atoms with Gasteiger partial charge in [0.1, 0.15) is 17.6 Å². The molecule has 1 aromatic carbocycles. The van der Waals surface area contributed by atoms with Gasteiger partial charge in [-0.1, -0.05) is 0 Å². The average molecular weight is 371 g/mol. The minimum atomic E-state index is -0.833. The number of nitrogens with zero attached hydrogens (tertiary/aromatic N) is 1. The number of fused-ring (bicyclic) bond motifs is 1. The standard InChI is InChI=1S/C19H17NO7/c1-24-8-6-20-16(13-3-2-7-25-13)15(18(22)19(20)23)17(21)11-4-5-12-14(9-11)27-10-26-12/h2-5,7,9,16,21H,6,8,10H2,1H3/b17-15-. The first-order valence-electron chi connectivity index (χ1n) is 8.32. The number of likely N-dealkylation sites (tertiary alicyclic amines) is 1. The lowest BCUT2D eigenvalue weighted by Crippen LogP contribution is -2.32. The molecule has 1 amide bonds. The normalized spacial score (nSPS) is 20.5. The number of benzene rings is 1. The number of ketones is 1. The monoisotopic (exact) mass is 371 g/mol. The van der Waals surface area contributed by atoms with Crippen LogP contribution < -0.4 is 9.47 Å². The first-order valence-corrected chi connectivity index (χ1v) is 8.32. The summed E-state index contributed by atoms with van der Waals surface area (Å²) in [5, 5.41) is 10.9. The molecule has 0 spiro atoms. The smallest absolute Gasteiger partial charge is 0.295 e. The Morgan fingerprint density at radius 3 is 2.81 bits per heavy atom. The lowest BCUT2D eigenvalue weighted by Gasteiger charge is -2.22. The van der Waals surface area contributed by atoms with Gasteiger partial charge in [-0.3, -0.25) is 9.59 Å². The Kier molecular flexibility index (Phi) is 4.33. The fourth-order valence-corrected chi connectivity index (χ4v) is 3.24. The Hall–Kier alpha value is -3.26. The fraction of sp³-hybridized carbons (Fsp3) is 0.263. The van der Waals surface area contributed by atoms with E-state index in [2.05, 4.69) is 0 Å². The van der Waals surface area contributed by atoms with Gasteiger partial charge in [0.25, 0.3) is 11.7 Å². The van der Waals surface area contributed by atoms with E-state index in [1.54, 1.807) is 30.3 Å². The minimum absolute atomic E-state index is 0.0371. The first kappa shape index (κ1) is 17.2. The van der Waals surface area contributed by atoms with E-state index in [1.165, 1.54) is 18.3 Å². The van der Waals surface area contributed by atoms with Crippen LogP contribution in [-0.4, -0.2) is 48.8 Å². The molecule has 2 aromatic rings. The maximum atomic E-state index is 12.7. The second-order valence-electron chi connectivity index (χ2n) is 6.07. The van der Waals surface area contributed by atoms with Gasteiger partial charge in [-0.05, 0) is 30.3 Å². The number of ether oxygens (including phenoxy) is 3. The lowest BCUT2D eigenvalue weighted by atomic mass is 9.99. The van der Waals surface area contributed by atoms with Crippen molar-refractivity contribution < 1.29 is 33.3 Å². The quantitative estimate of drug-likeness (QED) is 0.488. The van der Waals surface area contributed by atoms with Crippen LogP contribution in [0.25, 0.3) is 5.76 Å². The number of Topliss-reactive ketones (excluding diaryl/α,β-unsaturated/α-hetero) is 1. The topological polar surface area (TPSA) is 98.4 Å². The molecule has 0 saturated carbocycles. The van der Waals surface area contributed by atoms with E-state index in [4.69, 9.17) is 18.6 Å². The molecule has 140 valence electrons. The fourth-order valence-electron chi connectivity index (χ4n) is 3.24. The molecule has 1 N–H and O–H groups in total. The van der Waals surface area contributed by atoms with E-state index >= 15 is 0 Å². The van der Waals surface area contributed by atoms with Crippen LogP contribution in [0.1, 0.15) is 17.4 Å². The van der Waals surface area contributed by atoms with Crippen LogP contribution in [0, 0.1) is 0 Å². The highest BCUT2D eigenvalue weighted by Crippen LogP contribution is 2.41. The van der Waals surface area contributed by atoms with Crippen molar-refractivity contribution in [1.29, 1.82) is 0 Å². The van der Waals surface area contributed by atoms with Crippen molar-refractivity contribution in [3.8, 4) is 11.5 Å². The number of furan rings is 1. The lowest BCUT2D eigenvalue weighted by molar-refractivity contribution is -0.140. The second kappa shape index (κ2) is 6.81. The Balaban J connectivity index is 1.81. The van der Waals surface area contributed by atoms with Crippen LogP contribution in [0.3, 0.4) is 0 Å². The maximum absolute atomic E-state index is 12.7. The van der Waals surface area contributed by atoms with Crippen molar-refractivity contribution in [1.82, 2.24) is 4.90 Å². The molecule has 1 fully saturated rings. The van der Waals surface area contributed by atoms with Crippen LogP contribution in [0.15, 0.2) is 46.6 Å². The van der Waals surface area contributed by atoms with Crippen LogP contribution in [0.5, 0.6) is 11.5 Å². The number of amides is 1. The number of carbonyl (C=O) groups is 2. The van der Waals surface area contributed by atoms with Crippen molar-refractivity contribution in [2.24, 2.45) is 0 Å². The summed E-state index contributed by atoms with van der Waals surface area (Å²) in [6.07, 6.45) is 1.45. The highest BCUT2D eigenvalue weighted by Gasteiger charge is 2.47. The van der Waals surface area contributed by atoms with E-state index in [0.717, 1.165) is 0 Å². The maximum Gasteiger partial charge on any atom is 0.295 e. The summed E-state index contributed by atoms with van der Waals surface area (Å²) < 4.78 is 21.1. The van der Waals surface area contributed by atoms with E-state index < -0.39 is 17.7 Å². The minimum Gasteiger partial charge on any atom is -0.507 e. The molecule has 8 heteroatoms. The summed E-state index contributed by atoms with van der Waals surface area (Å²) in [6.45, 7) is 0.520. The molecular weight excluding hydrogens is 354 g/mol. The summed E-state index contributed by atoms with van der Waals surface area (Å²) in [5.41, 5.74) is 0.311. The SMILES string of the molecule is COCCN1C(=O)C(=O)/C(=C(\O)c2ccc3c(c2)OCO3)C1c1ccco1. The molecule has 1 saturated heterocycles. The van der Waals surface area contributed by atoms with Gasteiger partial charge in [-0.25, -0.2) is 0 Å². The zero-order chi connectivity index (χ0) is 19.0. The predicted molar refractivity (Wildman–Crippen MR) is 92.2 cm³/mol. The number of hydrogen-bond donors (Lipinski definition) is 1. The number of carbonyl (C=O) groups excluding carboxylic acids is 2. The molecule has 2 aliphatic heterocycles. The Labute approximate surface area is 154 Å². The zero-order valence-electron chi connectivity index (χ0n) is 14.5. The third-order valence-corrected chi connectivity index (χ3v) is 4.53. The van der Waals surface area contributed by atoms with Gasteiger partial charge in [0.05, 0.1) is 18.4 Å². The number of aliphatic hydroxyl groups is 1. The van der Waals surface area contributed by atoms with Crippen LogP contribution in [0.4, 0.5) is 0 Å². The number of rotatable bonds is 5. The zero-order valence-corrected chi connectivity index (χ0v) is 14.5. The molecule has 4 rings (SSSR count). The molecule has 0 radical (unpaired) electrons. The Morgan fingerprint density at radius 1 is 1.26 bits per heavy atom. The van der Waals surface area contributed by atoms with Gasteiger partial charge in [0, 0.05) is 19.2 Å². The first-order chi connectivity index (χ1) is 13.1. The van der Waals surface area contributed by atoms with E-state index in [0.29, 0.717) is 22.8 Å². The van der Waals surface area contributed by atoms with Crippen molar-refractivity contribution in [3.63, 3.8) is 0 Å². The Bertz CT molecular complexity index is 916. The highest BCUT2D eigenvalue weighted by molar-refractivity contribution is 6.46. The van der Waals surface area contributed by atoms with Crippen molar-refractivity contribution in [3.05, 3.63) is 53.5 Å². The number of aliphatic hydroxyl groups excluding tert-OH is 1. The second-order valence-corrected chi connectivity index (χ2v) is 6.07. The third-order valence-electron chi connectivity index (χ3n) is 4.53. The van der Waals surface area contributed by atoms with E-state index in [1.807, 2.05) is 0 Å². The van der Waals surface area contributed by atoms with Crippen molar-refractivity contribution >= 4 is 17.4 Å². The summed E-state index contributed by atoms with van der Waals surface area (Å²) in [5.74, 6) is -0.393. The van der Waals surface area contributed by atoms with Gasteiger partial charge in [0.15, 0.2) is 11.5 Å². The molecule has 3 heterocycles. The van der Waals surface area contributed by atoms with Gasteiger partial charge >= 0.3 is 0 Å². The molecule has 8 nitrogen and oxygen atoms in total. The van der Waals surface area contributed by atoms with Crippen LogP contribution >= 0.6 is 0 Å². The van der Waals surface area contributed by atoms with Crippen LogP contribution in [0.2, 0.25) is 0 Å². The van der Waals surface area contributed by atoms with Gasteiger partial charge in [-0.15, -0.1) is 0 Å². The summed E-state index contributed by atoms with van der Waals surface area (Å²) in [7, 11) is 1.51. The van der Waals surface area contributed by atoms with Gasteiger partial charge < -0.3 is 28.6 Å². The molecule has 1 unspecified atom stereocenters. The third kappa shape index (κ3) is 2.83. The Morgan fingerprint density at radius 2 is 2.07 bits per heavy atom. The summed E-state index contributed by atoms with van der Waals surface area (Å²) >= 11 is 0. The highest BCUT2D eigenvalue weighted by atomic mass is 16.7. The summed E-state index contributed by atoms with van der Waals surface area (Å²) in [4.78, 5) is 26.6. The molecule has 1 atom stereocenters. The number of hydrogen-bond acceptors (Lipinski definition) is 7. The van der Waals surface area contributed by atoms with Gasteiger partial charge in [0.2, 0.25) is 6.79 Å². The van der Waals surface area contributed by atoms with Crippen molar-refractivity contribution in [2.75, 3.05) is 27.1 Å². The molecule has 1 aromatic heterocycles. The molecule has 0 aliphatic carbocycles. The average Bonchev–Trinajstić information content (AvgIpc) is 3.40. The molecule has 27 heavy (non-hydrogen) atoms. The number of methoxy groups -OCH3 is 1. The van der Waals surface area contributed by atoms with E-state index in [-0.39, 0.29) is 31.3 Å². The molecular formula is C19H17NO7.